The molecule has 0 aliphatic rings. The summed E-state index contributed by atoms with van der Waals surface area (Å²) in [5.41, 5.74) is 3.34. The lowest BCUT2D eigenvalue weighted by Crippen LogP contribution is -2.16. The van der Waals surface area contributed by atoms with E-state index in [1.165, 1.54) is 11.1 Å². The van der Waals surface area contributed by atoms with Gasteiger partial charge in [0.1, 0.15) is 0 Å². The number of nitrogens with one attached hydrogen (secondary N) is 1. The van der Waals surface area contributed by atoms with Crippen molar-refractivity contribution in [2.75, 3.05) is 6.54 Å². The Labute approximate surface area is 119 Å². The molecule has 0 aliphatic carbocycles. The zero-order valence-corrected chi connectivity index (χ0v) is 11.4. The number of aliphatic carboxylic acids is 1. The number of hydrogen-bond donors (Lipinski definition) is 2. The molecule has 2 aromatic carbocycles. The molecule has 0 bridgehead atoms. The van der Waals surface area contributed by atoms with Gasteiger partial charge in [0.2, 0.25) is 0 Å². The number of rotatable bonds is 7. The molecule has 0 spiro atoms. The summed E-state index contributed by atoms with van der Waals surface area (Å²) in [6.45, 7) is 1.74. The van der Waals surface area contributed by atoms with Gasteiger partial charge in [0.15, 0.2) is 0 Å². The number of carboxylic acids is 1. The van der Waals surface area contributed by atoms with Crippen molar-refractivity contribution in [2.45, 2.75) is 19.4 Å². The lowest BCUT2D eigenvalue weighted by atomic mass is 10.1. The summed E-state index contributed by atoms with van der Waals surface area (Å²) in [6.07, 6.45) is 1.10. The maximum absolute atomic E-state index is 10.6. The Bertz CT molecular complexity index is 535. The third kappa shape index (κ3) is 4.86. The Balaban J connectivity index is 1.73. The molecule has 2 N–H and O–H groups in total. The molecule has 0 atom stereocenters. The van der Waals surface area contributed by atoms with Gasteiger partial charge in [-0.2, -0.15) is 0 Å². The van der Waals surface area contributed by atoms with Crippen LogP contribution in [-0.4, -0.2) is 17.6 Å². The largest absolute Gasteiger partial charge is 0.481 e. The van der Waals surface area contributed by atoms with E-state index in [0.29, 0.717) is 0 Å². The lowest BCUT2D eigenvalue weighted by molar-refractivity contribution is -0.136. The van der Waals surface area contributed by atoms with Gasteiger partial charge in [-0.3, -0.25) is 4.79 Å². The van der Waals surface area contributed by atoms with Crippen LogP contribution in [0, 0.1) is 0 Å². The molecule has 2 aromatic rings. The van der Waals surface area contributed by atoms with Crippen molar-refractivity contribution >= 4 is 5.97 Å². The Morgan fingerprint density at radius 1 is 0.900 bits per heavy atom. The van der Waals surface area contributed by atoms with Crippen molar-refractivity contribution in [3.8, 4) is 0 Å². The van der Waals surface area contributed by atoms with Crippen LogP contribution in [0.5, 0.6) is 0 Å². The van der Waals surface area contributed by atoms with Crippen LogP contribution in [0.1, 0.15) is 16.7 Å². The maximum atomic E-state index is 10.6. The predicted octanol–water partition coefficient (Wildman–Crippen LogP) is 2.65. The van der Waals surface area contributed by atoms with Gasteiger partial charge in [0, 0.05) is 6.54 Å². The highest BCUT2D eigenvalue weighted by Crippen LogP contribution is 2.05. The molecule has 0 amide bonds. The van der Waals surface area contributed by atoms with E-state index in [0.717, 1.165) is 25.1 Å². The SMILES string of the molecule is O=C(O)Cc1ccc(CNCCc2ccccc2)cc1. The summed E-state index contributed by atoms with van der Waals surface area (Å²) >= 11 is 0. The Morgan fingerprint density at radius 3 is 2.20 bits per heavy atom. The molecule has 3 heteroatoms. The van der Waals surface area contributed by atoms with Gasteiger partial charge < -0.3 is 10.4 Å². The standard InChI is InChI=1S/C17H19NO2/c19-17(20)12-15-6-8-16(9-7-15)13-18-11-10-14-4-2-1-3-5-14/h1-9,18H,10-13H2,(H,19,20). The van der Waals surface area contributed by atoms with Gasteiger partial charge in [-0.15, -0.1) is 0 Å². The topological polar surface area (TPSA) is 49.3 Å². The summed E-state index contributed by atoms with van der Waals surface area (Å²) in [7, 11) is 0. The van der Waals surface area contributed by atoms with Gasteiger partial charge in [0.25, 0.3) is 0 Å². The van der Waals surface area contributed by atoms with Crippen LogP contribution in [0.3, 0.4) is 0 Å². The highest BCUT2D eigenvalue weighted by atomic mass is 16.4. The molecule has 0 aromatic heterocycles. The van der Waals surface area contributed by atoms with E-state index in [1.54, 1.807) is 0 Å². The summed E-state index contributed by atoms with van der Waals surface area (Å²) in [5, 5.41) is 12.1. The smallest absolute Gasteiger partial charge is 0.307 e. The number of hydrogen-bond acceptors (Lipinski definition) is 2. The number of benzene rings is 2. The van der Waals surface area contributed by atoms with Crippen molar-refractivity contribution < 1.29 is 9.90 Å². The summed E-state index contributed by atoms with van der Waals surface area (Å²) in [6, 6.07) is 18.1. The Kier molecular flexibility index (Phi) is 5.33. The maximum Gasteiger partial charge on any atom is 0.307 e. The molecule has 0 heterocycles. The average Bonchev–Trinajstić information content (AvgIpc) is 2.46. The van der Waals surface area contributed by atoms with Gasteiger partial charge in [-0.1, -0.05) is 54.6 Å². The molecule has 0 unspecified atom stereocenters. The van der Waals surface area contributed by atoms with Crippen molar-refractivity contribution in [3.05, 3.63) is 71.3 Å². The second-order valence-corrected chi connectivity index (χ2v) is 4.80. The first-order valence-corrected chi connectivity index (χ1v) is 6.78. The van der Waals surface area contributed by atoms with E-state index in [4.69, 9.17) is 5.11 Å². The lowest BCUT2D eigenvalue weighted by Gasteiger charge is -2.06. The van der Waals surface area contributed by atoms with E-state index in [-0.39, 0.29) is 6.42 Å². The van der Waals surface area contributed by atoms with Crippen molar-refractivity contribution in [1.29, 1.82) is 0 Å². The first kappa shape index (κ1) is 14.3. The van der Waals surface area contributed by atoms with E-state index in [9.17, 15) is 4.79 Å². The third-order valence-corrected chi connectivity index (χ3v) is 3.14. The van der Waals surface area contributed by atoms with Crippen molar-refractivity contribution in [2.24, 2.45) is 0 Å². The summed E-state index contributed by atoms with van der Waals surface area (Å²) in [5.74, 6) is -0.793. The van der Waals surface area contributed by atoms with E-state index >= 15 is 0 Å². The molecule has 0 radical (unpaired) electrons. The minimum Gasteiger partial charge on any atom is -0.481 e. The minimum atomic E-state index is -0.793. The molecule has 0 fully saturated rings. The third-order valence-electron chi connectivity index (χ3n) is 3.14. The zero-order chi connectivity index (χ0) is 14.2. The fourth-order valence-corrected chi connectivity index (χ4v) is 2.06. The van der Waals surface area contributed by atoms with Gasteiger partial charge in [-0.05, 0) is 29.7 Å². The summed E-state index contributed by atoms with van der Waals surface area (Å²) < 4.78 is 0. The molecule has 2 rings (SSSR count). The quantitative estimate of drug-likeness (QED) is 0.760. The normalized spacial score (nSPS) is 10.4. The molecular weight excluding hydrogens is 250 g/mol. The van der Waals surface area contributed by atoms with Crippen LogP contribution in [0.4, 0.5) is 0 Å². The number of carboxylic acid groups (broad SMARTS) is 1. The average molecular weight is 269 g/mol. The van der Waals surface area contributed by atoms with Gasteiger partial charge in [-0.25, -0.2) is 0 Å². The van der Waals surface area contributed by atoms with Gasteiger partial charge >= 0.3 is 5.97 Å². The second-order valence-electron chi connectivity index (χ2n) is 4.80. The molecule has 0 saturated carbocycles. The highest BCUT2D eigenvalue weighted by molar-refractivity contribution is 5.70. The molecule has 0 aliphatic heterocycles. The predicted molar refractivity (Wildman–Crippen MR) is 79.6 cm³/mol. The Morgan fingerprint density at radius 2 is 1.55 bits per heavy atom. The second kappa shape index (κ2) is 7.46. The monoisotopic (exact) mass is 269 g/mol. The van der Waals surface area contributed by atoms with Gasteiger partial charge in [0.05, 0.1) is 6.42 Å². The van der Waals surface area contributed by atoms with Crippen LogP contribution in [-0.2, 0) is 24.2 Å². The Hall–Kier alpha value is -2.13. The molecule has 20 heavy (non-hydrogen) atoms. The van der Waals surface area contributed by atoms with Crippen LogP contribution >= 0.6 is 0 Å². The summed E-state index contributed by atoms with van der Waals surface area (Å²) in [4.78, 5) is 10.6. The van der Waals surface area contributed by atoms with Crippen LogP contribution in [0.2, 0.25) is 0 Å². The fourth-order valence-electron chi connectivity index (χ4n) is 2.06. The van der Waals surface area contributed by atoms with E-state index in [1.807, 2.05) is 30.3 Å². The van der Waals surface area contributed by atoms with E-state index < -0.39 is 5.97 Å². The van der Waals surface area contributed by atoms with E-state index in [2.05, 4.69) is 29.6 Å². The first-order chi connectivity index (χ1) is 9.74. The highest BCUT2D eigenvalue weighted by Gasteiger charge is 2.00. The molecule has 3 nitrogen and oxygen atoms in total. The van der Waals surface area contributed by atoms with Crippen molar-refractivity contribution in [3.63, 3.8) is 0 Å². The van der Waals surface area contributed by atoms with Crippen LogP contribution in [0.25, 0.3) is 0 Å². The molecule has 0 saturated heterocycles. The zero-order valence-electron chi connectivity index (χ0n) is 11.4. The minimum absolute atomic E-state index is 0.0850. The van der Waals surface area contributed by atoms with Crippen LogP contribution in [0.15, 0.2) is 54.6 Å². The number of carbonyl (C=O) groups is 1. The molecular formula is C17H19NO2. The first-order valence-electron chi connectivity index (χ1n) is 6.78. The van der Waals surface area contributed by atoms with Crippen molar-refractivity contribution in [1.82, 2.24) is 5.32 Å². The van der Waals surface area contributed by atoms with Crippen LogP contribution < -0.4 is 5.32 Å². The molecule has 104 valence electrons. The fraction of sp³-hybridized carbons (Fsp3) is 0.235.